The van der Waals surface area contributed by atoms with Crippen LogP contribution in [0.15, 0.2) is 62.2 Å². The molecule has 1 heterocycles. The molecular formula is C22H24O3. The highest BCUT2D eigenvalue weighted by molar-refractivity contribution is 5.95. The molecule has 0 N–H and O–H groups in total. The quantitative estimate of drug-likeness (QED) is 0.468. The highest BCUT2D eigenvalue weighted by atomic mass is 16.6. The first kappa shape index (κ1) is 17.3. The van der Waals surface area contributed by atoms with E-state index in [9.17, 15) is 0 Å². The Morgan fingerprint density at radius 2 is 1.44 bits per heavy atom. The lowest BCUT2D eigenvalue weighted by atomic mass is 9.98. The van der Waals surface area contributed by atoms with Gasteiger partial charge in [0.05, 0.1) is 6.61 Å². The van der Waals surface area contributed by atoms with E-state index in [0.29, 0.717) is 13.2 Å². The van der Waals surface area contributed by atoms with Crippen LogP contribution in [0.3, 0.4) is 0 Å². The van der Waals surface area contributed by atoms with E-state index in [1.807, 2.05) is 12.2 Å². The second kappa shape index (κ2) is 8.04. The molecule has 0 amide bonds. The van der Waals surface area contributed by atoms with Crippen molar-refractivity contribution in [3.05, 3.63) is 73.4 Å². The van der Waals surface area contributed by atoms with Crippen LogP contribution in [0.2, 0.25) is 0 Å². The zero-order valence-corrected chi connectivity index (χ0v) is 14.5. The molecule has 0 saturated carbocycles. The summed E-state index contributed by atoms with van der Waals surface area (Å²) in [4.78, 5) is 0. The minimum Gasteiger partial charge on any atom is -0.490 e. The third-order valence-corrected chi connectivity index (χ3v) is 4.16. The van der Waals surface area contributed by atoms with Gasteiger partial charge in [0.1, 0.15) is 30.8 Å². The Hall–Kier alpha value is -2.52. The topological polar surface area (TPSA) is 31.0 Å². The summed E-state index contributed by atoms with van der Waals surface area (Å²) in [5.41, 5.74) is 2.23. The van der Waals surface area contributed by atoms with Crippen molar-refractivity contribution in [1.29, 1.82) is 0 Å². The van der Waals surface area contributed by atoms with Crippen molar-refractivity contribution in [3.8, 4) is 11.5 Å². The van der Waals surface area contributed by atoms with Crippen LogP contribution in [0.1, 0.15) is 11.1 Å². The van der Waals surface area contributed by atoms with E-state index in [0.717, 1.165) is 52.8 Å². The lowest BCUT2D eigenvalue weighted by Crippen LogP contribution is -2.07. The number of allylic oxidation sites excluding steroid dienone is 2. The van der Waals surface area contributed by atoms with Gasteiger partial charge in [0.25, 0.3) is 0 Å². The molecule has 2 aromatic rings. The van der Waals surface area contributed by atoms with Crippen molar-refractivity contribution < 1.29 is 14.2 Å². The van der Waals surface area contributed by atoms with Gasteiger partial charge in [0, 0.05) is 10.8 Å². The van der Waals surface area contributed by atoms with Crippen LogP contribution in [0.25, 0.3) is 10.8 Å². The molecule has 1 saturated heterocycles. The van der Waals surface area contributed by atoms with Gasteiger partial charge in [-0.2, -0.15) is 0 Å². The normalized spacial score (nSPS) is 15.6. The van der Waals surface area contributed by atoms with Crippen LogP contribution in [-0.4, -0.2) is 25.9 Å². The maximum Gasteiger partial charge on any atom is 0.131 e. The highest BCUT2D eigenvalue weighted by Crippen LogP contribution is 2.38. The average molecular weight is 336 g/mol. The molecule has 1 aliphatic rings. The molecule has 1 fully saturated rings. The lowest BCUT2D eigenvalue weighted by Gasteiger charge is -2.17. The zero-order chi connectivity index (χ0) is 17.6. The molecule has 3 heteroatoms. The van der Waals surface area contributed by atoms with Crippen LogP contribution in [0.5, 0.6) is 11.5 Å². The van der Waals surface area contributed by atoms with Crippen LogP contribution < -0.4 is 9.47 Å². The SMILES string of the molecule is C=CCOc1c(CC=C)ccc2c(OCC3CO3)c(CC=C)ccc12. The highest BCUT2D eigenvalue weighted by Gasteiger charge is 2.24. The molecule has 1 aliphatic heterocycles. The summed E-state index contributed by atoms with van der Waals surface area (Å²) in [5.74, 6) is 1.76. The van der Waals surface area contributed by atoms with E-state index < -0.39 is 0 Å². The molecule has 0 aromatic heterocycles. The van der Waals surface area contributed by atoms with Crippen molar-refractivity contribution in [3.63, 3.8) is 0 Å². The van der Waals surface area contributed by atoms with Crippen molar-refractivity contribution in [2.24, 2.45) is 0 Å². The van der Waals surface area contributed by atoms with Gasteiger partial charge in [0.2, 0.25) is 0 Å². The van der Waals surface area contributed by atoms with Gasteiger partial charge in [-0.3, -0.25) is 0 Å². The summed E-state index contributed by atoms with van der Waals surface area (Å²) in [6, 6.07) is 8.37. The first-order chi connectivity index (χ1) is 12.3. The van der Waals surface area contributed by atoms with E-state index >= 15 is 0 Å². The van der Waals surface area contributed by atoms with Gasteiger partial charge in [-0.15, -0.1) is 13.2 Å². The number of benzene rings is 2. The van der Waals surface area contributed by atoms with E-state index in [4.69, 9.17) is 14.2 Å². The molecule has 0 radical (unpaired) electrons. The lowest BCUT2D eigenvalue weighted by molar-refractivity contribution is 0.264. The number of rotatable bonds is 10. The van der Waals surface area contributed by atoms with Crippen molar-refractivity contribution in [1.82, 2.24) is 0 Å². The summed E-state index contributed by atoms with van der Waals surface area (Å²) < 4.78 is 17.4. The minimum absolute atomic E-state index is 0.211. The number of hydrogen-bond donors (Lipinski definition) is 0. The smallest absolute Gasteiger partial charge is 0.131 e. The van der Waals surface area contributed by atoms with Crippen LogP contribution in [0.4, 0.5) is 0 Å². The third kappa shape index (κ3) is 3.94. The molecule has 130 valence electrons. The van der Waals surface area contributed by atoms with Crippen molar-refractivity contribution in [2.75, 3.05) is 19.8 Å². The van der Waals surface area contributed by atoms with Gasteiger partial charge >= 0.3 is 0 Å². The van der Waals surface area contributed by atoms with E-state index in [2.05, 4.69) is 44.0 Å². The molecule has 25 heavy (non-hydrogen) atoms. The predicted molar refractivity (Wildman–Crippen MR) is 103 cm³/mol. The molecule has 2 aromatic carbocycles. The Balaban J connectivity index is 2.10. The molecule has 1 atom stereocenters. The van der Waals surface area contributed by atoms with Gasteiger partial charge in [-0.05, 0) is 24.0 Å². The van der Waals surface area contributed by atoms with Crippen molar-refractivity contribution in [2.45, 2.75) is 18.9 Å². The summed E-state index contributed by atoms with van der Waals surface area (Å²) in [5, 5.41) is 2.09. The fourth-order valence-electron chi connectivity index (χ4n) is 2.90. The van der Waals surface area contributed by atoms with Crippen LogP contribution in [0, 0.1) is 0 Å². The van der Waals surface area contributed by atoms with Gasteiger partial charge in [-0.25, -0.2) is 0 Å². The van der Waals surface area contributed by atoms with E-state index in [-0.39, 0.29) is 6.10 Å². The van der Waals surface area contributed by atoms with Gasteiger partial charge in [0.15, 0.2) is 0 Å². The number of fused-ring (bicyclic) bond motifs is 1. The summed E-state index contributed by atoms with van der Waals surface area (Å²) in [6.07, 6.45) is 7.25. The summed E-state index contributed by atoms with van der Waals surface area (Å²) in [7, 11) is 0. The standard InChI is InChI=1S/C22H24O3/c1-4-7-16-9-12-20-19(21(16)23-13-6-3)11-10-17(8-5-2)22(20)25-15-18-14-24-18/h4-6,9-12,18H,1-3,7-8,13-15H2. The predicted octanol–water partition coefficient (Wildman–Crippen LogP) is 4.64. The number of ether oxygens (including phenoxy) is 3. The second-order valence-electron chi connectivity index (χ2n) is 6.05. The van der Waals surface area contributed by atoms with E-state index in [1.54, 1.807) is 6.08 Å². The first-order valence-corrected chi connectivity index (χ1v) is 8.55. The molecule has 3 rings (SSSR count). The summed E-state index contributed by atoms with van der Waals surface area (Å²) >= 11 is 0. The molecule has 3 nitrogen and oxygen atoms in total. The first-order valence-electron chi connectivity index (χ1n) is 8.55. The van der Waals surface area contributed by atoms with Crippen molar-refractivity contribution >= 4 is 10.8 Å². The molecule has 0 bridgehead atoms. The largest absolute Gasteiger partial charge is 0.490 e. The third-order valence-electron chi connectivity index (χ3n) is 4.16. The Kier molecular flexibility index (Phi) is 5.56. The fourth-order valence-corrected chi connectivity index (χ4v) is 2.90. The molecule has 1 unspecified atom stereocenters. The second-order valence-corrected chi connectivity index (χ2v) is 6.05. The number of epoxide rings is 1. The Morgan fingerprint density at radius 1 is 0.880 bits per heavy atom. The Morgan fingerprint density at radius 3 is 1.92 bits per heavy atom. The van der Waals surface area contributed by atoms with Crippen LogP contribution in [-0.2, 0) is 17.6 Å². The Bertz CT molecular complexity index is 787. The van der Waals surface area contributed by atoms with Crippen LogP contribution >= 0.6 is 0 Å². The van der Waals surface area contributed by atoms with Gasteiger partial charge < -0.3 is 14.2 Å². The Labute approximate surface area is 149 Å². The monoisotopic (exact) mass is 336 g/mol. The summed E-state index contributed by atoms with van der Waals surface area (Å²) in [6.45, 7) is 13.3. The maximum absolute atomic E-state index is 6.12. The maximum atomic E-state index is 6.12. The fraction of sp³-hybridized carbons (Fsp3) is 0.273. The molecule has 0 spiro atoms. The molecular weight excluding hydrogens is 312 g/mol. The zero-order valence-electron chi connectivity index (χ0n) is 14.5. The minimum atomic E-state index is 0.211. The molecule has 0 aliphatic carbocycles. The van der Waals surface area contributed by atoms with E-state index in [1.165, 1.54) is 0 Å². The average Bonchev–Trinajstić information content (AvgIpc) is 3.44. The number of hydrogen-bond acceptors (Lipinski definition) is 3. The van der Waals surface area contributed by atoms with Gasteiger partial charge in [-0.1, -0.05) is 49.1 Å².